The fourth-order valence-electron chi connectivity index (χ4n) is 2.64. The van der Waals surface area contributed by atoms with Gasteiger partial charge < -0.3 is 11.1 Å². The zero-order valence-corrected chi connectivity index (χ0v) is 11.5. The summed E-state index contributed by atoms with van der Waals surface area (Å²) in [5, 5.41) is 0. The molecule has 2 rings (SSSR count). The lowest BCUT2D eigenvalue weighted by Gasteiger charge is -2.20. The van der Waals surface area contributed by atoms with Crippen molar-refractivity contribution in [1.29, 1.82) is 0 Å². The van der Waals surface area contributed by atoms with Crippen molar-refractivity contribution in [3.05, 3.63) is 29.3 Å². The SMILES string of the molecule is CCc1cc(N2CC[C@H](CC)C2)ccc1C.N. The molecule has 1 fully saturated rings. The number of aryl methyl sites for hydroxylation is 2. The quantitative estimate of drug-likeness (QED) is 0.859. The van der Waals surface area contributed by atoms with Gasteiger partial charge >= 0.3 is 0 Å². The fourth-order valence-corrected chi connectivity index (χ4v) is 2.64. The summed E-state index contributed by atoms with van der Waals surface area (Å²) >= 11 is 0. The molecule has 1 heterocycles. The lowest BCUT2D eigenvalue weighted by molar-refractivity contribution is 0.569. The van der Waals surface area contributed by atoms with E-state index in [9.17, 15) is 0 Å². The molecular formula is C15H26N2. The molecule has 2 heteroatoms. The van der Waals surface area contributed by atoms with Crippen LogP contribution in [0.3, 0.4) is 0 Å². The number of hydrogen-bond donors (Lipinski definition) is 1. The van der Waals surface area contributed by atoms with Gasteiger partial charge in [0.15, 0.2) is 0 Å². The minimum atomic E-state index is 0. The van der Waals surface area contributed by atoms with Crippen molar-refractivity contribution in [2.75, 3.05) is 18.0 Å². The van der Waals surface area contributed by atoms with Crippen LogP contribution < -0.4 is 11.1 Å². The van der Waals surface area contributed by atoms with Gasteiger partial charge in [0.05, 0.1) is 0 Å². The Hall–Kier alpha value is -1.02. The minimum Gasteiger partial charge on any atom is -0.371 e. The Morgan fingerprint density at radius 1 is 1.29 bits per heavy atom. The van der Waals surface area contributed by atoms with E-state index in [1.54, 1.807) is 0 Å². The van der Waals surface area contributed by atoms with Gasteiger partial charge in [-0.25, -0.2) is 0 Å². The first-order valence-electron chi connectivity index (χ1n) is 6.59. The van der Waals surface area contributed by atoms with Crippen molar-refractivity contribution < 1.29 is 0 Å². The van der Waals surface area contributed by atoms with E-state index in [0.29, 0.717) is 0 Å². The number of hydrogen-bond acceptors (Lipinski definition) is 2. The number of rotatable bonds is 3. The standard InChI is InChI=1S/C15H23N.H3N/c1-4-13-8-9-16(11-13)15-7-6-12(3)14(5-2)10-15;/h6-7,10,13H,4-5,8-9,11H2,1-3H3;1H3/t13-;/m0./s1. The van der Waals surface area contributed by atoms with Crippen LogP contribution in [0.5, 0.6) is 0 Å². The summed E-state index contributed by atoms with van der Waals surface area (Å²) in [5.74, 6) is 0.909. The second kappa shape index (κ2) is 6.06. The number of benzene rings is 1. The summed E-state index contributed by atoms with van der Waals surface area (Å²) in [4.78, 5) is 2.55. The molecule has 0 amide bonds. The van der Waals surface area contributed by atoms with Gasteiger partial charge in [0.2, 0.25) is 0 Å². The van der Waals surface area contributed by atoms with E-state index in [1.165, 1.54) is 42.7 Å². The molecule has 96 valence electrons. The van der Waals surface area contributed by atoms with E-state index >= 15 is 0 Å². The first-order chi connectivity index (χ1) is 7.74. The zero-order chi connectivity index (χ0) is 11.5. The van der Waals surface area contributed by atoms with Gasteiger partial charge in [0.1, 0.15) is 0 Å². The largest absolute Gasteiger partial charge is 0.371 e. The zero-order valence-electron chi connectivity index (χ0n) is 11.5. The van der Waals surface area contributed by atoms with Gasteiger partial charge in [-0.05, 0) is 48.9 Å². The summed E-state index contributed by atoms with van der Waals surface area (Å²) in [6, 6.07) is 6.94. The fraction of sp³-hybridized carbons (Fsp3) is 0.600. The second-order valence-electron chi connectivity index (χ2n) is 4.97. The molecule has 1 aromatic rings. The third-order valence-corrected chi connectivity index (χ3v) is 3.94. The van der Waals surface area contributed by atoms with Crippen molar-refractivity contribution >= 4 is 5.69 Å². The number of nitrogens with zero attached hydrogens (tertiary/aromatic N) is 1. The minimum absolute atomic E-state index is 0. The Morgan fingerprint density at radius 3 is 2.65 bits per heavy atom. The van der Waals surface area contributed by atoms with E-state index < -0.39 is 0 Å². The Labute approximate surface area is 106 Å². The van der Waals surface area contributed by atoms with Crippen molar-refractivity contribution in [3.8, 4) is 0 Å². The average molecular weight is 234 g/mol. The van der Waals surface area contributed by atoms with Crippen LogP contribution in [-0.4, -0.2) is 13.1 Å². The molecule has 0 aliphatic carbocycles. The molecule has 1 aliphatic heterocycles. The van der Waals surface area contributed by atoms with Crippen LogP contribution in [0.1, 0.15) is 37.8 Å². The molecule has 0 spiro atoms. The summed E-state index contributed by atoms with van der Waals surface area (Å²) in [6.07, 6.45) is 3.83. The van der Waals surface area contributed by atoms with Gasteiger partial charge in [-0.3, -0.25) is 0 Å². The van der Waals surface area contributed by atoms with Crippen LogP contribution in [0.2, 0.25) is 0 Å². The van der Waals surface area contributed by atoms with Gasteiger partial charge in [0, 0.05) is 18.8 Å². The molecule has 0 unspecified atom stereocenters. The van der Waals surface area contributed by atoms with E-state index in [-0.39, 0.29) is 6.15 Å². The lowest BCUT2D eigenvalue weighted by atomic mass is 10.1. The molecule has 2 nitrogen and oxygen atoms in total. The van der Waals surface area contributed by atoms with Crippen molar-refractivity contribution in [2.45, 2.75) is 40.0 Å². The topological polar surface area (TPSA) is 38.2 Å². The van der Waals surface area contributed by atoms with Crippen molar-refractivity contribution in [3.63, 3.8) is 0 Å². The number of anilines is 1. The van der Waals surface area contributed by atoms with Crippen LogP contribution in [0.25, 0.3) is 0 Å². The van der Waals surface area contributed by atoms with E-state index in [2.05, 4.69) is 43.9 Å². The molecule has 0 radical (unpaired) electrons. The monoisotopic (exact) mass is 234 g/mol. The van der Waals surface area contributed by atoms with E-state index in [1.807, 2.05) is 0 Å². The second-order valence-corrected chi connectivity index (χ2v) is 4.97. The highest BCUT2D eigenvalue weighted by Gasteiger charge is 2.21. The van der Waals surface area contributed by atoms with Crippen LogP contribution in [-0.2, 0) is 6.42 Å². The van der Waals surface area contributed by atoms with E-state index in [4.69, 9.17) is 0 Å². The highest BCUT2D eigenvalue weighted by molar-refractivity contribution is 5.51. The van der Waals surface area contributed by atoms with Gasteiger partial charge in [-0.15, -0.1) is 0 Å². The summed E-state index contributed by atoms with van der Waals surface area (Å²) < 4.78 is 0. The average Bonchev–Trinajstić information content (AvgIpc) is 2.78. The first-order valence-corrected chi connectivity index (χ1v) is 6.59. The highest BCUT2D eigenvalue weighted by atomic mass is 15.1. The maximum atomic E-state index is 2.55. The van der Waals surface area contributed by atoms with E-state index in [0.717, 1.165) is 12.3 Å². The summed E-state index contributed by atoms with van der Waals surface area (Å²) in [5.41, 5.74) is 4.35. The Bertz CT molecular complexity index is 360. The van der Waals surface area contributed by atoms with Gasteiger partial charge in [-0.2, -0.15) is 0 Å². The molecule has 1 atom stereocenters. The first kappa shape index (κ1) is 14.0. The summed E-state index contributed by atoms with van der Waals surface area (Å²) in [7, 11) is 0. The Morgan fingerprint density at radius 2 is 2.06 bits per heavy atom. The van der Waals surface area contributed by atoms with Crippen LogP contribution in [0.4, 0.5) is 5.69 Å². The highest BCUT2D eigenvalue weighted by Crippen LogP contribution is 2.27. The van der Waals surface area contributed by atoms with Crippen LogP contribution in [0, 0.1) is 12.8 Å². The molecule has 3 N–H and O–H groups in total. The lowest BCUT2D eigenvalue weighted by Crippen LogP contribution is -2.19. The molecule has 0 aromatic heterocycles. The predicted octanol–water partition coefficient (Wildman–Crippen LogP) is 3.96. The molecule has 1 aromatic carbocycles. The van der Waals surface area contributed by atoms with Crippen LogP contribution in [0.15, 0.2) is 18.2 Å². The van der Waals surface area contributed by atoms with Crippen molar-refractivity contribution in [2.24, 2.45) is 5.92 Å². The van der Waals surface area contributed by atoms with Gasteiger partial charge in [-0.1, -0.05) is 26.3 Å². The molecule has 17 heavy (non-hydrogen) atoms. The predicted molar refractivity (Wildman–Crippen MR) is 76.2 cm³/mol. The van der Waals surface area contributed by atoms with Crippen molar-refractivity contribution in [1.82, 2.24) is 6.15 Å². The molecule has 1 aliphatic rings. The molecular weight excluding hydrogens is 208 g/mol. The maximum Gasteiger partial charge on any atom is 0.0369 e. The Kier molecular flexibility index (Phi) is 5.01. The molecule has 0 saturated carbocycles. The molecule has 0 bridgehead atoms. The third-order valence-electron chi connectivity index (χ3n) is 3.94. The molecule has 1 saturated heterocycles. The summed E-state index contributed by atoms with van der Waals surface area (Å²) in [6.45, 7) is 9.25. The third kappa shape index (κ3) is 3.01. The van der Waals surface area contributed by atoms with Gasteiger partial charge in [0.25, 0.3) is 0 Å². The van der Waals surface area contributed by atoms with Crippen LogP contribution >= 0.6 is 0 Å². The maximum absolute atomic E-state index is 2.55. The smallest absolute Gasteiger partial charge is 0.0369 e. The Balaban J connectivity index is 0.00000144. The normalized spacial score (nSPS) is 19.2.